The van der Waals surface area contributed by atoms with E-state index in [1.807, 2.05) is 48.6 Å². The lowest BCUT2D eigenvalue weighted by atomic mass is 10.1. The second-order valence-corrected chi connectivity index (χ2v) is 5.65. The van der Waals surface area contributed by atoms with E-state index >= 15 is 0 Å². The quantitative estimate of drug-likeness (QED) is 0.514. The van der Waals surface area contributed by atoms with Gasteiger partial charge in [0.15, 0.2) is 0 Å². The summed E-state index contributed by atoms with van der Waals surface area (Å²) >= 11 is 0. The Morgan fingerprint density at radius 2 is 1.16 bits per heavy atom. The van der Waals surface area contributed by atoms with Crippen molar-refractivity contribution in [3.63, 3.8) is 0 Å². The zero-order valence-corrected chi connectivity index (χ0v) is 14.7. The minimum atomic E-state index is -4.67. The van der Waals surface area contributed by atoms with Gasteiger partial charge in [-0.25, -0.2) is 0 Å². The van der Waals surface area contributed by atoms with Crippen molar-refractivity contribution in [2.24, 2.45) is 0 Å². The molecule has 0 heterocycles. The summed E-state index contributed by atoms with van der Waals surface area (Å²) in [4.78, 5) is 0. The number of benzene rings is 2. The number of para-hydroxylation sites is 2. The Hall–Kier alpha value is -2.45. The highest BCUT2D eigenvalue weighted by Crippen LogP contribution is 2.28. The fourth-order valence-corrected chi connectivity index (χ4v) is 1.97. The molecule has 0 radical (unpaired) electrons. The standard InChI is InChI=1S/C18H18O.H3N.H2O4S/c1-3-9-15-11-5-7-13-17(15)19-18-14-8-6-12-16(18)10-4-2;;1-5(2,3)4/h3-8,11-14H,1-2,9-10H2;1H3;(H2,1,2,3,4). The molecule has 2 aromatic rings. The van der Waals surface area contributed by atoms with Gasteiger partial charge in [0.05, 0.1) is 0 Å². The molecule has 0 saturated heterocycles. The van der Waals surface area contributed by atoms with Gasteiger partial charge < -0.3 is 10.9 Å². The zero-order valence-electron chi connectivity index (χ0n) is 13.8. The number of allylic oxidation sites excluding steroid dienone is 2. The van der Waals surface area contributed by atoms with Crippen LogP contribution in [0.1, 0.15) is 11.1 Å². The van der Waals surface area contributed by atoms with Crippen molar-refractivity contribution in [3.8, 4) is 11.5 Å². The van der Waals surface area contributed by atoms with Gasteiger partial charge >= 0.3 is 10.4 Å². The van der Waals surface area contributed by atoms with Crippen LogP contribution in [0.2, 0.25) is 0 Å². The Balaban J connectivity index is 0.000000848. The lowest BCUT2D eigenvalue weighted by Gasteiger charge is -2.12. The van der Waals surface area contributed by atoms with Crippen LogP contribution in [-0.2, 0) is 23.2 Å². The Kier molecular flexibility index (Phi) is 10.1. The predicted octanol–water partition coefficient (Wildman–Crippen LogP) is 4.45. The van der Waals surface area contributed by atoms with Crippen molar-refractivity contribution in [2.75, 3.05) is 0 Å². The van der Waals surface area contributed by atoms with Crippen molar-refractivity contribution in [1.82, 2.24) is 6.15 Å². The van der Waals surface area contributed by atoms with Crippen LogP contribution < -0.4 is 10.9 Å². The van der Waals surface area contributed by atoms with E-state index in [1.165, 1.54) is 0 Å². The predicted molar refractivity (Wildman–Crippen MR) is 100.0 cm³/mol. The maximum atomic E-state index is 8.74. The molecule has 0 aromatic heterocycles. The molecule has 6 nitrogen and oxygen atoms in total. The van der Waals surface area contributed by atoms with Crippen molar-refractivity contribution in [2.45, 2.75) is 12.8 Å². The molecule has 5 N–H and O–H groups in total. The van der Waals surface area contributed by atoms with Crippen LogP contribution >= 0.6 is 0 Å². The largest absolute Gasteiger partial charge is 0.457 e. The molecule has 0 bridgehead atoms. The summed E-state index contributed by atoms with van der Waals surface area (Å²) < 4.78 is 37.6. The molecule has 25 heavy (non-hydrogen) atoms. The second kappa shape index (κ2) is 11.2. The summed E-state index contributed by atoms with van der Waals surface area (Å²) in [5.41, 5.74) is 2.29. The normalized spacial score (nSPS) is 9.84. The summed E-state index contributed by atoms with van der Waals surface area (Å²) in [6.45, 7) is 7.56. The van der Waals surface area contributed by atoms with Crippen LogP contribution in [0, 0.1) is 0 Å². The first-order valence-electron chi connectivity index (χ1n) is 7.10. The molecule has 0 aliphatic rings. The molecule has 0 saturated carbocycles. The van der Waals surface area contributed by atoms with Gasteiger partial charge in [0.2, 0.25) is 0 Å². The summed E-state index contributed by atoms with van der Waals surface area (Å²) in [7, 11) is -4.67. The zero-order chi connectivity index (χ0) is 18.0. The van der Waals surface area contributed by atoms with Gasteiger partial charge in [0.1, 0.15) is 11.5 Å². The van der Waals surface area contributed by atoms with Crippen molar-refractivity contribution < 1.29 is 22.3 Å². The van der Waals surface area contributed by atoms with Crippen LogP contribution in [0.25, 0.3) is 0 Å². The maximum Gasteiger partial charge on any atom is 0.394 e. The summed E-state index contributed by atoms with van der Waals surface area (Å²) in [6, 6.07) is 16.1. The van der Waals surface area contributed by atoms with Gasteiger partial charge in [0.25, 0.3) is 0 Å². The first-order valence-corrected chi connectivity index (χ1v) is 8.50. The fraction of sp³-hybridized carbons (Fsp3) is 0.111. The summed E-state index contributed by atoms with van der Waals surface area (Å²) in [5, 5.41) is 0. The smallest absolute Gasteiger partial charge is 0.394 e. The highest BCUT2D eigenvalue weighted by molar-refractivity contribution is 7.79. The van der Waals surface area contributed by atoms with E-state index in [0.717, 1.165) is 35.5 Å². The fourth-order valence-electron chi connectivity index (χ4n) is 1.97. The Bertz CT molecular complexity index is 728. The van der Waals surface area contributed by atoms with Gasteiger partial charge in [-0.15, -0.1) is 13.2 Å². The van der Waals surface area contributed by atoms with E-state index in [0.29, 0.717) is 0 Å². The minimum absolute atomic E-state index is 0. The topological polar surface area (TPSA) is 119 Å². The van der Waals surface area contributed by atoms with Gasteiger partial charge in [-0.1, -0.05) is 48.6 Å². The third kappa shape index (κ3) is 9.43. The molecule has 0 fully saturated rings. The van der Waals surface area contributed by atoms with E-state index in [1.54, 1.807) is 0 Å². The van der Waals surface area contributed by atoms with Crippen LogP contribution in [-0.4, -0.2) is 17.5 Å². The minimum Gasteiger partial charge on any atom is -0.457 e. The van der Waals surface area contributed by atoms with E-state index in [-0.39, 0.29) is 6.15 Å². The van der Waals surface area contributed by atoms with E-state index in [9.17, 15) is 0 Å². The molecule has 2 rings (SSSR count). The number of ether oxygens (including phenoxy) is 1. The van der Waals surface area contributed by atoms with Gasteiger partial charge in [0, 0.05) is 0 Å². The first kappa shape index (κ1) is 22.6. The second-order valence-electron chi connectivity index (χ2n) is 4.75. The Morgan fingerprint density at radius 3 is 1.48 bits per heavy atom. The van der Waals surface area contributed by atoms with Crippen molar-refractivity contribution in [1.29, 1.82) is 0 Å². The molecule has 136 valence electrons. The van der Waals surface area contributed by atoms with E-state index < -0.39 is 10.4 Å². The van der Waals surface area contributed by atoms with Crippen LogP contribution in [0.3, 0.4) is 0 Å². The molecule has 7 heteroatoms. The van der Waals surface area contributed by atoms with Gasteiger partial charge in [-0.05, 0) is 36.1 Å². The lowest BCUT2D eigenvalue weighted by molar-refractivity contribution is 0.381. The average Bonchev–Trinajstić information content (AvgIpc) is 2.50. The number of hydrogen-bond acceptors (Lipinski definition) is 4. The number of hydrogen-bond donors (Lipinski definition) is 3. The third-order valence-corrected chi connectivity index (χ3v) is 2.89. The molecular formula is C18H23NO5S. The monoisotopic (exact) mass is 365 g/mol. The van der Waals surface area contributed by atoms with Gasteiger partial charge in [-0.2, -0.15) is 8.42 Å². The maximum absolute atomic E-state index is 8.74. The SMILES string of the molecule is C=CCc1ccccc1Oc1ccccc1CC=C.N.O=S(=O)(O)O. The molecule has 0 spiro atoms. The van der Waals surface area contributed by atoms with Crippen LogP contribution in [0.15, 0.2) is 73.8 Å². The van der Waals surface area contributed by atoms with E-state index in [4.69, 9.17) is 22.3 Å². The summed E-state index contributed by atoms with van der Waals surface area (Å²) in [6.07, 6.45) is 5.38. The molecule has 0 unspecified atom stereocenters. The Morgan fingerprint density at radius 1 is 0.840 bits per heavy atom. The third-order valence-electron chi connectivity index (χ3n) is 2.89. The highest BCUT2D eigenvalue weighted by atomic mass is 32.3. The molecule has 0 atom stereocenters. The van der Waals surface area contributed by atoms with Crippen molar-refractivity contribution >= 4 is 10.4 Å². The molecule has 2 aromatic carbocycles. The van der Waals surface area contributed by atoms with Crippen LogP contribution in [0.4, 0.5) is 0 Å². The highest BCUT2D eigenvalue weighted by Gasteiger charge is 2.06. The molecular weight excluding hydrogens is 342 g/mol. The Labute approximate surface area is 148 Å². The van der Waals surface area contributed by atoms with E-state index in [2.05, 4.69) is 25.3 Å². The lowest BCUT2D eigenvalue weighted by Crippen LogP contribution is -1.93. The molecule has 0 aliphatic carbocycles. The molecule has 0 amide bonds. The number of rotatable bonds is 6. The average molecular weight is 365 g/mol. The van der Waals surface area contributed by atoms with Crippen molar-refractivity contribution in [3.05, 3.63) is 85.0 Å². The first-order chi connectivity index (χ1) is 11.3. The summed E-state index contributed by atoms with van der Waals surface area (Å²) in [5.74, 6) is 1.78. The van der Waals surface area contributed by atoms with Crippen LogP contribution in [0.5, 0.6) is 11.5 Å². The van der Waals surface area contributed by atoms with Gasteiger partial charge in [-0.3, -0.25) is 9.11 Å². The molecule has 0 aliphatic heterocycles.